The molecule has 2 saturated heterocycles. The third-order valence-corrected chi connectivity index (χ3v) is 8.03. The molecule has 0 radical (unpaired) electrons. The number of carbonyl (C=O) groups is 3. The Labute approximate surface area is 219 Å². The molecule has 0 saturated carbocycles. The van der Waals surface area contributed by atoms with Gasteiger partial charge in [0, 0.05) is 39.3 Å². The second-order valence-corrected chi connectivity index (χ2v) is 11.2. The summed E-state index contributed by atoms with van der Waals surface area (Å²) in [6.45, 7) is 6.53. The molecule has 0 unspecified atom stereocenters. The van der Waals surface area contributed by atoms with Crippen LogP contribution in [0.2, 0.25) is 0 Å². The number of benzene rings is 2. The van der Waals surface area contributed by atoms with Gasteiger partial charge in [0.2, 0.25) is 5.91 Å². The zero-order valence-electron chi connectivity index (χ0n) is 22.1. The zero-order valence-corrected chi connectivity index (χ0v) is 22.1. The molecule has 196 valence electrons. The van der Waals surface area contributed by atoms with Gasteiger partial charge in [-0.05, 0) is 63.6 Å². The number of anilines is 1. The molecule has 3 heterocycles. The normalized spacial score (nSPS) is 23.2. The van der Waals surface area contributed by atoms with Gasteiger partial charge in [-0.25, -0.2) is 0 Å². The summed E-state index contributed by atoms with van der Waals surface area (Å²) in [5, 5.41) is 0. The molecule has 2 atom stereocenters. The van der Waals surface area contributed by atoms with Gasteiger partial charge in [0.05, 0.1) is 28.3 Å². The average molecular weight is 504 g/mol. The second-order valence-electron chi connectivity index (χ2n) is 11.2. The molecule has 5 rings (SSSR count). The molecule has 3 aliphatic heterocycles. The van der Waals surface area contributed by atoms with E-state index >= 15 is 0 Å². The Morgan fingerprint density at radius 3 is 2.59 bits per heavy atom. The number of ether oxygens (including phenoxy) is 1. The number of hydrogen-bond acceptors (Lipinski definition) is 5. The molecular formula is C30H37N3O4. The number of carbonyl (C=O) groups excluding carboxylic acids is 3. The van der Waals surface area contributed by atoms with E-state index in [-0.39, 0.29) is 35.3 Å². The third-order valence-electron chi connectivity index (χ3n) is 8.03. The molecule has 7 heteroatoms. The highest BCUT2D eigenvalue weighted by Crippen LogP contribution is 2.38. The van der Waals surface area contributed by atoms with Crippen molar-refractivity contribution in [1.82, 2.24) is 9.80 Å². The van der Waals surface area contributed by atoms with Gasteiger partial charge in [-0.15, -0.1) is 0 Å². The topological polar surface area (TPSA) is 70.2 Å². The van der Waals surface area contributed by atoms with Crippen molar-refractivity contribution in [1.29, 1.82) is 0 Å². The maximum absolute atomic E-state index is 13.7. The van der Waals surface area contributed by atoms with Gasteiger partial charge in [-0.2, -0.15) is 0 Å². The first-order chi connectivity index (χ1) is 17.7. The highest BCUT2D eigenvalue weighted by atomic mass is 16.5. The number of fused-ring (bicyclic) bond motifs is 1. The molecule has 2 fully saturated rings. The Balaban J connectivity index is 1.30. The lowest BCUT2D eigenvalue weighted by molar-refractivity contribution is -0.134. The molecule has 0 N–H and O–H groups in total. The lowest BCUT2D eigenvalue weighted by Crippen LogP contribution is -2.48. The van der Waals surface area contributed by atoms with E-state index in [0.717, 1.165) is 31.5 Å². The second kappa shape index (κ2) is 10.3. The van der Waals surface area contributed by atoms with E-state index < -0.39 is 0 Å². The molecule has 0 spiro atoms. The molecule has 37 heavy (non-hydrogen) atoms. The fourth-order valence-corrected chi connectivity index (χ4v) is 6.06. The van der Waals surface area contributed by atoms with Crippen molar-refractivity contribution in [3.8, 4) is 0 Å². The number of rotatable bonds is 6. The average Bonchev–Trinajstić information content (AvgIpc) is 3.16. The minimum Gasteiger partial charge on any atom is -0.375 e. The fourth-order valence-electron chi connectivity index (χ4n) is 6.06. The van der Waals surface area contributed by atoms with Gasteiger partial charge in [-0.1, -0.05) is 36.4 Å². The molecule has 2 aromatic carbocycles. The van der Waals surface area contributed by atoms with Crippen molar-refractivity contribution in [3.63, 3.8) is 0 Å². The maximum atomic E-state index is 13.7. The summed E-state index contributed by atoms with van der Waals surface area (Å²) < 4.78 is 5.82. The number of nitrogens with zero attached hydrogens (tertiary/aromatic N) is 3. The maximum Gasteiger partial charge on any atom is 0.263 e. The van der Waals surface area contributed by atoms with Crippen LogP contribution in [0.1, 0.15) is 65.8 Å². The van der Waals surface area contributed by atoms with Crippen LogP contribution in [0.4, 0.5) is 5.69 Å². The van der Waals surface area contributed by atoms with E-state index in [4.69, 9.17) is 4.74 Å². The van der Waals surface area contributed by atoms with Gasteiger partial charge in [0.25, 0.3) is 11.8 Å². The fraction of sp³-hybridized carbons (Fsp3) is 0.500. The van der Waals surface area contributed by atoms with E-state index in [0.29, 0.717) is 43.7 Å². The summed E-state index contributed by atoms with van der Waals surface area (Å²) in [7, 11) is 1.87. The van der Waals surface area contributed by atoms with Gasteiger partial charge in [-0.3, -0.25) is 19.3 Å². The Bertz CT molecular complexity index is 1180. The van der Waals surface area contributed by atoms with Crippen LogP contribution < -0.4 is 4.90 Å². The smallest absolute Gasteiger partial charge is 0.263 e. The Hall–Kier alpha value is -3.19. The molecule has 3 aliphatic rings. The summed E-state index contributed by atoms with van der Waals surface area (Å²) in [5.41, 5.74) is 2.58. The van der Waals surface area contributed by atoms with Gasteiger partial charge >= 0.3 is 0 Å². The van der Waals surface area contributed by atoms with E-state index in [1.807, 2.05) is 56.1 Å². The summed E-state index contributed by atoms with van der Waals surface area (Å²) in [4.78, 5) is 45.8. The summed E-state index contributed by atoms with van der Waals surface area (Å²) in [6, 6.07) is 15.6. The lowest BCUT2D eigenvalue weighted by Gasteiger charge is -2.39. The largest absolute Gasteiger partial charge is 0.375 e. The third kappa shape index (κ3) is 5.14. The van der Waals surface area contributed by atoms with Crippen molar-refractivity contribution in [2.24, 2.45) is 5.92 Å². The van der Waals surface area contributed by atoms with Gasteiger partial charge < -0.3 is 14.5 Å². The quantitative estimate of drug-likeness (QED) is 0.554. The van der Waals surface area contributed by atoms with Crippen LogP contribution in [0.5, 0.6) is 0 Å². The molecule has 7 nitrogen and oxygen atoms in total. The number of piperidine rings is 1. The monoisotopic (exact) mass is 503 g/mol. The standard InChI is InChI=1S/C30H37N3O4/c1-30(2)19-23(15-18-37-30)33-28(35)24-12-7-13-25(26(24)29(33)36)32-16-8-11-22(20-32)27(34)31(3)17-14-21-9-5-4-6-10-21/h4-7,9-10,12-13,22-23H,8,11,14-20H2,1-3H3/t22-,23-/m0/s1. The van der Waals surface area contributed by atoms with Crippen LogP contribution in [-0.2, 0) is 16.0 Å². The van der Waals surface area contributed by atoms with Crippen molar-refractivity contribution in [3.05, 3.63) is 65.2 Å². The van der Waals surface area contributed by atoms with Gasteiger partial charge in [0.15, 0.2) is 0 Å². The van der Waals surface area contributed by atoms with Crippen LogP contribution in [0, 0.1) is 5.92 Å². The van der Waals surface area contributed by atoms with Crippen LogP contribution in [0.3, 0.4) is 0 Å². The van der Waals surface area contributed by atoms with E-state index in [9.17, 15) is 14.4 Å². The number of imide groups is 1. The lowest BCUT2D eigenvalue weighted by atomic mass is 9.93. The Morgan fingerprint density at radius 1 is 1.05 bits per heavy atom. The summed E-state index contributed by atoms with van der Waals surface area (Å²) in [5.74, 6) is -0.423. The van der Waals surface area contributed by atoms with Crippen molar-refractivity contribution in [2.75, 3.05) is 38.2 Å². The first kappa shape index (κ1) is 25.5. The summed E-state index contributed by atoms with van der Waals surface area (Å²) >= 11 is 0. The predicted octanol–water partition coefficient (Wildman–Crippen LogP) is 4.16. The molecule has 0 bridgehead atoms. The van der Waals surface area contributed by atoms with E-state index in [1.165, 1.54) is 10.5 Å². The number of amides is 3. The number of likely N-dealkylation sites (N-methyl/N-ethyl adjacent to an activating group) is 1. The van der Waals surface area contributed by atoms with Crippen LogP contribution in [0.25, 0.3) is 0 Å². The molecule has 0 aromatic heterocycles. The minimum absolute atomic E-state index is 0.134. The van der Waals surface area contributed by atoms with Crippen LogP contribution in [-0.4, -0.2) is 72.5 Å². The summed E-state index contributed by atoms with van der Waals surface area (Å²) in [6.07, 6.45) is 3.80. The van der Waals surface area contributed by atoms with E-state index in [2.05, 4.69) is 17.0 Å². The van der Waals surface area contributed by atoms with Crippen molar-refractivity contribution in [2.45, 2.75) is 57.6 Å². The molecular weight excluding hydrogens is 466 g/mol. The molecule has 3 amide bonds. The van der Waals surface area contributed by atoms with Crippen molar-refractivity contribution >= 4 is 23.4 Å². The molecule has 0 aliphatic carbocycles. The van der Waals surface area contributed by atoms with Gasteiger partial charge in [0.1, 0.15) is 0 Å². The Kier molecular flexibility index (Phi) is 7.08. The minimum atomic E-state index is -0.367. The van der Waals surface area contributed by atoms with Crippen LogP contribution >= 0.6 is 0 Å². The predicted molar refractivity (Wildman–Crippen MR) is 143 cm³/mol. The first-order valence-corrected chi connectivity index (χ1v) is 13.4. The Morgan fingerprint density at radius 2 is 1.84 bits per heavy atom. The SMILES string of the molecule is CN(CCc1ccccc1)C(=O)[C@H]1CCCN(c2cccc3c2C(=O)N([C@H]2CCOC(C)(C)C2)C3=O)C1. The van der Waals surface area contributed by atoms with Crippen LogP contribution in [0.15, 0.2) is 48.5 Å². The highest BCUT2D eigenvalue weighted by Gasteiger charge is 2.45. The number of hydrogen-bond donors (Lipinski definition) is 0. The molecule has 2 aromatic rings. The van der Waals surface area contributed by atoms with E-state index in [1.54, 1.807) is 6.07 Å². The zero-order chi connectivity index (χ0) is 26.2. The highest BCUT2D eigenvalue weighted by molar-refractivity contribution is 6.24. The van der Waals surface area contributed by atoms with Crippen molar-refractivity contribution < 1.29 is 19.1 Å². The first-order valence-electron chi connectivity index (χ1n) is 13.4.